The van der Waals surface area contributed by atoms with E-state index in [0.717, 1.165) is 24.2 Å². The third-order valence-electron chi connectivity index (χ3n) is 7.35. The minimum Gasteiger partial charge on any atom is -0.491 e. The van der Waals surface area contributed by atoms with Crippen LogP contribution in [0.1, 0.15) is 45.6 Å². The predicted molar refractivity (Wildman–Crippen MR) is 132 cm³/mol. The molecule has 0 radical (unpaired) electrons. The lowest BCUT2D eigenvalue weighted by molar-refractivity contribution is -0.166. The minimum absolute atomic E-state index is 0.0109. The van der Waals surface area contributed by atoms with Gasteiger partial charge in [-0.25, -0.2) is 4.79 Å². The molecule has 0 aromatic heterocycles. The molecule has 1 aliphatic carbocycles. The van der Waals surface area contributed by atoms with Crippen molar-refractivity contribution in [3.05, 3.63) is 47.6 Å². The van der Waals surface area contributed by atoms with E-state index in [1.807, 2.05) is 24.3 Å². The summed E-state index contributed by atoms with van der Waals surface area (Å²) >= 11 is 0. The third-order valence-corrected chi connectivity index (χ3v) is 7.35. The molecule has 4 rings (SSSR count). The number of ether oxygens (including phenoxy) is 6. The van der Waals surface area contributed by atoms with Crippen molar-refractivity contribution >= 4 is 12.0 Å². The largest absolute Gasteiger partial charge is 0.491 e. The molecule has 3 aliphatic rings. The Morgan fingerprint density at radius 2 is 1.91 bits per heavy atom. The SMILES string of the molecule is COCCOc1ccc(/C=C/C(=O)O[C@@H]2CC[C@]3(CO3)[C@@H](C3(C)OC3CC=C(C)C)[C@@H]2OC)cc1. The van der Waals surface area contributed by atoms with Crippen LogP contribution in [0.25, 0.3) is 6.08 Å². The maximum Gasteiger partial charge on any atom is 0.331 e. The second-order valence-corrected chi connectivity index (χ2v) is 10.1. The summed E-state index contributed by atoms with van der Waals surface area (Å²) in [6, 6.07) is 7.52. The zero-order chi connectivity index (χ0) is 25.1. The molecule has 0 N–H and O–H groups in total. The van der Waals surface area contributed by atoms with Crippen molar-refractivity contribution in [1.82, 2.24) is 0 Å². The number of allylic oxidation sites excluding steroid dienone is 1. The van der Waals surface area contributed by atoms with Gasteiger partial charge in [0.25, 0.3) is 0 Å². The van der Waals surface area contributed by atoms with Crippen LogP contribution in [0.5, 0.6) is 5.75 Å². The summed E-state index contributed by atoms with van der Waals surface area (Å²) in [5.41, 5.74) is 1.58. The summed E-state index contributed by atoms with van der Waals surface area (Å²) in [6.07, 6.45) is 7.31. The highest BCUT2D eigenvalue weighted by Gasteiger charge is 2.72. The molecule has 1 saturated carbocycles. The van der Waals surface area contributed by atoms with Crippen molar-refractivity contribution in [2.45, 2.75) is 69.5 Å². The molecule has 3 fully saturated rings. The molecule has 7 nitrogen and oxygen atoms in total. The molecule has 0 bridgehead atoms. The van der Waals surface area contributed by atoms with Crippen LogP contribution in [0.15, 0.2) is 42.0 Å². The Morgan fingerprint density at radius 1 is 1.17 bits per heavy atom. The maximum atomic E-state index is 12.7. The average Bonchev–Trinajstić information content (AvgIpc) is 3.75. The first kappa shape index (κ1) is 25.9. The van der Waals surface area contributed by atoms with E-state index in [4.69, 9.17) is 28.4 Å². The van der Waals surface area contributed by atoms with Gasteiger partial charge in [-0.3, -0.25) is 0 Å². The highest BCUT2D eigenvalue weighted by atomic mass is 16.6. The van der Waals surface area contributed by atoms with E-state index >= 15 is 0 Å². The van der Waals surface area contributed by atoms with Crippen LogP contribution >= 0.6 is 0 Å². The smallest absolute Gasteiger partial charge is 0.331 e. The zero-order valence-corrected chi connectivity index (χ0v) is 21.5. The normalized spacial score (nSPS) is 33.5. The van der Waals surface area contributed by atoms with Crippen LogP contribution in [0, 0.1) is 5.92 Å². The number of esters is 1. The second kappa shape index (κ2) is 10.8. The Bertz CT molecular complexity index is 929. The number of carbonyl (C=O) groups excluding carboxylic acids is 1. The number of carbonyl (C=O) groups is 1. The highest BCUT2D eigenvalue weighted by molar-refractivity contribution is 5.87. The molecule has 7 heteroatoms. The van der Waals surface area contributed by atoms with Crippen molar-refractivity contribution in [3.8, 4) is 5.75 Å². The monoisotopic (exact) mass is 486 g/mol. The number of benzene rings is 1. The van der Waals surface area contributed by atoms with Crippen LogP contribution in [0.3, 0.4) is 0 Å². The lowest BCUT2D eigenvalue weighted by Crippen LogP contribution is -2.55. The molecule has 6 atom stereocenters. The number of hydrogen-bond acceptors (Lipinski definition) is 7. The standard InChI is InChI=1S/C28H38O7/c1-19(2)6-12-23-27(3,35-23)26-25(31-5)22(14-15-28(26)18-33-28)34-24(29)13-9-20-7-10-21(11-8-20)32-17-16-30-4/h6-11,13,22-23,25-26H,12,14-18H2,1-5H3/b13-9+/t22-,23?,25-,26-,27?,28+/m1/s1. The summed E-state index contributed by atoms with van der Waals surface area (Å²) in [7, 11) is 3.32. The molecule has 2 aliphatic heterocycles. The van der Waals surface area contributed by atoms with Gasteiger partial charge in [-0.15, -0.1) is 0 Å². The Morgan fingerprint density at radius 3 is 2.54 bits per heavy atom. The molecule has 192 valence electrons. The van der Waals surface area contributed by atoms with Gasteiger partial charge in [0.05, 0.1) is 25.2 Å². The van der Waals surface area contributed by atoms with Crippen molar-refractivity contribution in [2.24, 2.45) is 5.92 Å². The van der Waals surface area contributed by atoms with Gasteiger partial charge in [-0.2, -0.15) is 0 Å². The first-order valence-corrected chi connectivity index (χ1v) is 12.4. The van der Waals surface area contributed by atoms with E-state index in [1.54, 1.807) is 20.3 Å². The van der Waals surface area contributed by atoms with Crippen LogP contribution in [-0.2, 0) is 28.5 Å². The summed E-state index contributed by atoms with van der Waals surface area (Å²) in [6.45, 7) is 8.07. The highest BCUT2D eigenvalue weighted by Crippen LogP contribution is 2.59. The molecule has 2 unspecified atom stereocenters. The van der Waals surface area contributed by atoms with Crippen LogP contribution in [-0.4, -0.2) is 69.5 Å². The average molecular weight is 487 g/mol. The molecule has 1 aromatic rings. The van der Waals surface area contributed by atoms with Gasteiger partial charge in [0.2, 0.25) is 0 Å². The van der Waals surface area contributed by atoms with Gasteiger partial charge >= 0.3 is 5.97 Å². The second-order valence-electron chi connectivity index (χ2n) is 10.1. The van der Waals surface area contributed by atoms with E-state index in [-0.39, 0.29) is 41.4 Å². The Hall–Kier alpha value is -2.19. The van der Waals surface area contributed by atoms with Crippen LogP contribution in [0.4, 0.5) is 0 Å². The van der Waals surface area contributed by atoms with E-state index in [0.29, 0.717) is 26.2 Å². The number of hydrogen-bond donors (Lipinski definition) is 0. The van der Waals surface area contributed by atoms with Gasteiger partial charge in [0, 0.05) is 20.3 Å². The van der Waals surface area contributed by atoms with Crippen LogP contribution in [0.2, 0.25) is 0 Å². The van der Waals surface area contributed by atoms with Gasteiger partial charge in [-0.1, -0.05) is 23.8 Å². The predicted octanol–water partition coefficient (Wildman–Crippen LogP) is 4.34. The van der Waals surface area contributed by atoms with Crippen LogP contribution < -0.4 is 4.74 Å². The number of epoxide rings is 2. The van der Waals surface area contributed by atoms with Gasteiger partial charge in [0.1, 0.15) is 35.8 Å². The van der Waals surface area contributed by atoms with E-state index < -0.39 is 0 Å². The van der Waals surface area contributed by atoms with Gasteiger partial charge in [0.15, 0.2) is 0 Å². The van der Waals surface area contributed by atoms with Crippen molar-refractivity contribution < 1.29 is 33.2 Å². The van der Waals surface area contributed by atoms with E-state index in [1.165, 1.54) is 11.6 Å². The number of rotatable bonds is 11. The fourth-order valence-corrected chi connectivity index (χ4v) is 5.34. The third kappa shape index (κ3) is 5.97. The lowest BCUT2D eigenvalue weighted by atomic mass is 9.68. The lowest BCUT2D eigenvalue weighted by Gasteiger charge is -2.42. The molecule has 1 aromatic carbocycles. The first-order valence-electron chi connectivity index (χ1n) is 12.4. The summed E-state index contributed by atoms with van der Waals surface area (Å²) in [4.78, 5) is 12.7. The fourth-order valence-electron chi connectivity index (χ4n) is 5.34. The summed E-state index contributed by atoms with van der Waals surface area (Å²) in [5, 5.41) is 0. The molecule has 2 saturated heterocycles. The minimum atomic E-state index is -0.383. The Labute approximate surface area is 208 Å². The fraction of sp³-hybridized carbons (Fsp3) is 0.607. The van der Waals surface area contributed by atoms with Crippen molar-refractivity contribution in [1.29, 1.82) is 0 Å². The molecule has 2 heterocycles. The van der Waals surface area contributed by atoms with Gasteiger partial charge in [-0.05, 0) is 63.8 Å². The zero-order valence-electron chi connectivity index (χ0n) is 21.5. The Kier molecular flexibility index (Phi) is 8.01. The van der Waals surface area contributed by atoms with Gasteiger partial charge < -0.3 is 28.4 Å². The quantitative estimate of drug-likeness (QED) is 0.151. The van der Waals surface area contributed by atoms with E-state index in [2.05, 4.69) is 26.8 Å². The summed E-state index contributed by atoms with van der Waals surface area (Å²) in [5.74, 6) is 0.386. The first-order chi connectivity index (χ1) is 16.8. The van der Waals surface area contributed by atoms with E-state index in [9.17, 15) is 4.79 Å². The topological polar surface area (TPSA) is 79.1 Å². The molecule has 35 heavy (non-hydrogen) atoms. The molecule has 1 spiro atoms. The maximum absolute atomic E-state index is 12.7. The van der Waals surface area contributed by atoms with Crippen molar-refractivity contribution in [2.75, 3.05) is 34.0 Å². The van der Waals surface area contributed by atoms with Crippen molar-refractivity contribution in [3.63, 3.8) is 0 Å². The Balaban J connectivity index is 1.37. The molecule has 0 amide bonds. The number of methoxy groups -OCH3 is 2. The summed E-state index contributed by atoms with van der Waals surface area (Å²) < 4.78 is 34.6. The molecular weight excluding hydrogens is 448 g/mol. The molecular formula is C28H38O7.